The number of ketones is 1. The summed E-state index contributed by atoms with van der Waals surface area (Å²) in [4.78, 5) is 37.9. The molecule has 0 spiro atoms. The van der Waals surface area contributed by atoms with Crippen molar-refractivity contribution in [2.45, 2.75) is 48.8 Å². The molecule has 0 aliphatic carbocycles. The maximum atomic E-state index is 13.8. The Hall–Kier alpha value is -4.02. The van der Waals surface area contributed by atoms with Gasteiger partial charge >= 0.3 is 0 Å². The molecule has 3 aromatic carbocycles. The number of aromatic nitrogens is 1. The summed E-state index contributed by atoms with van der Waals surface area (Å²) in [7, 11) is 0. The van der Waals surface area contributed by atoms with E-state index in [0.717, 1.165) is 60.3 Å². The summed E-state index contributed by atoms with van der Waals surface area (Å²) in [6.45, 7) is 7.60. The lowest BCUT2D eigenvalue weighted by atomic mass is 9.88. The Balaban J connectivity index is 1.22. The minimum atomic E-state index is -1.06. The average Bonchev–Trinajstić information content (AvgIpc) is 3.14. The van der Waals surface area contributed by atoms with Crippen LogP contribution in [0.25, 0.3) is 11.3 Å². The first-order valence-corrected chi connectivity index (χ1v) is 17.9. The summed E-state index contributed by atoms with van der Waals surface area (Å²) in [5.41, 5.74) is 11.0. The van der Waals surface area contributed by atoms with E-state index >= 15 is 0 Å². The van der Waals surface area contributed by atoms with Crippen molar-refractivity contribution in [3.8, 4) is 11.3 Å². The highest BCUT2D eigenvalue weighted by Gasteiger charge is 2.30. The normalized spacial score (nSPS) is 16.7. The van der Waals surface area contributed by atoms with Crippen molar-refractivity contribution in [3.63, 3.8) is 0 Å². The van der Waals surface area contributed by atoms with E-state index in [2.05, 4.69) is 57.6 Å². The molecular formula is C39H45N5O3S. The van der Waals surface area contributed by atoms with Crippen molar-refractivity contribution < 1.29 is 14.3 Å². The lowest BCUT2D eigenvalue weighted by Crippen LogP contribution is -2.48. The topological polar surface area (TPSA) is 101 Å². The van der Waals surface area contributed by atoms with E-state index in [1.807, 2.05) is 24.4 Å². The number of benzene rings is 3. The van der Waals surface area contributed by atoms with Crippen LogP contribution in [0.1, 0.15) is 58.9 Å². The van der Waals surface area contributed by atoms with E-state index in [-0.39, 0.29) is 11.7 Å². The van der Waals surface area contributed by atoms with Gasteiger partial charge in [-0.1, -0.05) is 42.5 Å². The number of carbonyl (C=O) groups is 2. The molecule has 3 N–H and O–H groups in total. The Labute approximate surface area is 288 Å². The molecule has 6 rings (SSSR count). The number of rotatable bonds is 12. The molecule has 9 heteroatoms. The number of thioether (sulfide) groups is 1. The molecule has 2 fully saturated rings. The van der Waals surface area contributed by atoms with Crippen LogP contribution in [-0.4, -0.2) is 73.1 Å². The summed E-state index contributed by atoms with van der Waals surface area (Å²) in [6.07, 6.45) is 5.94. The van der Waals surface area contributed by atoms with Crippen LogP contribution in [0.15, 0.2) is 96.0 Å². The van der Waals surface area contributed by atoms with Crippen LogP contribution in [0.5, 0.6) is 0 Å². The number of morpholine rings is 1. The summed E-state index contributed by atoms with van der Waals surface area (Å²) in [5, 5.41) is 3.14. The maximum absolute atomic E-state index is 13.8. The van der Waals surface area contributed by atoms with Crippen LogP contribution < -0.4 is 16.0 Å². The van der Waals surface area contributed by atoms with E-state index in [1.54, 1.807) is 43.0 Å². The first-order chi connectivity index (χ1) is 23.4. The van der Waals surface area contributed by atoms with Crippen LogP contribution in [0.4, 0.5) is 11.4 Å². The van der Waals surface area contributed by atoms with Gasteiger partial charge in [-0.2, -0.15) is 0 Å². The zero-order valence-corrected chi connectivity index (χ0v) is 28.5. The summed E-state index contributed by atoms with van der Waals surface area (Å²) in [5.74, 6) is 0.385. The smallest absolute Gasteiger partial charge is 0.255 e. The standard InChI is InChI=1S/C39H45N5O3S/c1-39(40,16-20-43-21-23-47-24-22-43)37(45)30-11-8-12-31(25-30)38(46)42-35-14-13-32(44-18-6-3-7-19-44)26-34(35)36-27-33(15-17-41-36)48-28-29-9-4-2-5-10-29/h2,4-5,8-15,17,25-27H,3,6-7,16,18-24,28,40H2,1H3,(H,42,46). The highest BCUT2D eigenvalue weighted by molar-refractivity contribution is 7.98. The SMILES string of the molecule is CC(N)(CCN1CCOCC1)C(=O)c1cccc(C(=O)Nc2ccc(N3CCCCC3)cc2-c2cc(SCc3ccccc3)ccn2)c1. The van der Waals surface area contributed by atoms with Crippen molar-refractivity contribution in [2.75, 3.05) is 56.2 Å². The second-order valence-electron chi connectivity index (χ2n) is 12.9. The molecule has 3 heterocycles. The molecule has 1 aromatic heterocycles. The highest BCUT2D eigenvalue weighted by Crippen LogP contribution is 2.35. The minimum Gasteiger partial charge on any atom is -0.379 e. The van der Waals surface area contributed by atoms with Crippen LogP contribution >= 0.6 is 11.8 Å². The molecule has 2 aliphatic heterocycles. The molecule has 4 aromatic rings. The van der Waals surface area contributed by atoms with Crippen molar-refractivity contribution in [1.82, 2.24) is 9.88 Å². The number of hydrogen-bond donors (Lipinski definition) is 2. The van der Waals surface area contributed by atoms with E-state index in [4.69, 9.17) is 15.5 Å². The number of hydrogen-bond acceptors (Lipinski definition) is 8. The Bertz CT molecular complexity index is 1700. The largest absolute Gasteiger partial charge is 0.379 e. The first-order valence-electron chi connectivity index (χ1n) is 16.9. The van der Waals surface area contributed by atoms with Gasteiger partial charge in [0, 0.05) is 71.9 Å². The Kier molecular flexibility index (Phi) is 11.2. The van der Waals surface area contributed by atoms with Crippen molar-refractivity contribution in [2.24, 2.45) is 5.73 Å². The molecule has 2 aliphatic rings. The van der Waals surface area contributed by atoms with Crippen LogP contribution in [-0.2, 0) is 10.5 Å². The summed E-state index contributed by atoms with van der Waals surface area (Å²) >= 11 is 1.76. The zero-order chi connectivity index (χ0) is 33.3. The quantitative estimate of drug-likeness (QED) is 0.125. The van der Waals surface area contributed by atoms with Crippen molar-refractivity contribution in [3.05, 3.63) is 108 Å². The maximum Gasteiger partial charge on any atom is 0.255 e. The zero-order valence-electron chi connectivity index (χ0n) is 27.7. The van der Waals surface area contributed by atoms with Gasteiger partial charge in [-0.25, -0.2) is 0 Å². The minimum absolute atomic E-state index is 0.175. The second kappa shape index (κ2) is 15.9. The number of Topliss-reactive ketones (excluding diaryl/α,β-unsaturated/α-hetero) is 1. The summed E-state index contributed by atoms with van der Waals surface area (Å²) in [6, 6.07) is 27.6. The van der Waals surface area contributed by atoms with E-state index in [9.17, 15) is 9.59 Å². The molecule has 0 bridgehead atoms. The molecule has 250 valence electrons. The average molecular weight is 664 g/mol. The number of piperidine rings is 1. The summed E-state index contributed by atoms with van der Waals surface area (Å²) < 4.78 is 5.44. The van der Waals surface area contributed by atoms with E-state index in [1.165, 1.54) is 24.8 Å². The number of carbonyl (C=O) groups excluding carboxylic acids is 2. The van der Waals surface area contributed by atoms with Crippen LogP contribution in [0.3, 0.4) is 0 Å². The predicted molar refractivity (Wildman–Crippen MR) is 195 cm³/mol. The number of ether oxygens (including phenoxy) is 1. The fourth-order valence-corrected chi connectivity index (χ4v) is 7.12. The molecule has 0 saturated carbocycles. The first kappa shape index (κ1) is 33.9. The molecule has 1 atom stereocenters. The highest BCUT2D eigenvalue weighted by atomic mass is 32.2. The Morgan fingerprint density at radius 1 is 0.896 bits per heavy atom. The number of nitrogens with zero attached hydrogens (tertiary/aromatic N) is 3. The van der Waals surface area contributed by atoms with Gasteiger partial charge in [-0.3, -0.25) is 19.5 Å². The predicted octanol–water partition coefficient (Wildman–Crippen LogP) is 6.91. The van der Waals surface area contributed by atoms with Gasteiger partial charge in [0.15, 0.2) is 5.78 Å². The number of amides is 1. The third-order valence-electron chi connectivity index (χ3n) is 9.18. The van der Waals surface area contributed by atoms with Gasteiger partial charge in [0.05, 0.1) is 30.1 Å². The van der Waals surface area contributed by atoms with E-state index < -0.39 is 5.54 Å². The molecule has 2 saturated heterocycles. The number of nitrogens with one attached hydrogen (secondary N) is 1. The third kappa shape index (κ3) is 8.71. The van der Waals surface area contributed by atoms with Gasteiger partial charge in [0.25, 0.3) is 5.91 Å². The van der Waals surface area contributed by atoms with Crippen LogP contribution in [0, 0.1) is 0 Å². The van der Waals surface area contributed by atoms with Gasteiger partial charge in [-0.15, -0.1) is 11.8 Å². The number of nitrogens with two attached hydrogens (primary N) is 1. The van der Waals surface area contributed by atoms with Crippen molar-refractivity contribution in [1.29, 1.82) is 0 Å². The van der Waals surface area contributed by atoms with E-state index in [0.29, 0.717) is 36.4 Å². The molecule has 48 heavy (non-hydrogen) atoms. The number of anilines is 2. The van der Waals surface area contributed by atoms with Gasteiger partial charge in [0.1, 0.15) is 0 Å². The molecule has 1 amide bonds. The van der Waals surface area contributed by atoms with Gasteiger partial charge < -0.3 is 20.7 Å². The Morgan fingerprint density at radius 2 is 1.67 bits per heavy atom. The van der Waals surface area contributed by atoms with Crippen LogP contribution in [0.2, 0.25) is 0 Å². The fourth-order valence-electron chi connectivity index (χ4n) is 6.25. The second-order valence-corrected chi connectivity index (χ2v) is 14.0. The number of pyridine rings is 1. The lowest BCUT2D eigenvalue weighted by Gasteiger charge is -2.30. The lowest BCUT2D eigenvalue weighted by molar-refractivity contribution is 0.0347. The van der Waals surface area contributed by atoms with Gasteiger partial charge in [-0.05, 0) is 80.6 Å². The molecule has 0 radical (unpaired) electrons. The fraction of sp³-hybridized carbons (Fsp3) is 0.359. The van der Waals surface area contributed by atoms with Gasteiger partial charge in [0.2, 0.25) is 0 Å². The molecular weight excluding hydrogens is 619 g/mol. The van der Waals surface area contributed by atoms with Crippen molar-refractivity contribution >= 4 is 34.8 Å². The molecule has 1 unspecified atom stereocenters. The Morgan fingerprint density at radius 3 is 2.46 bits per heavy atom. The molecule has 8 nitrogen and oxygen atoms in total. The monoisotopic (exact) mass is 663 g/mol. The third-order valence-corrected chi connectivity index (χ3v) is 10.2.